The molecule has 0 saturated carbocycles. The lowest BCUT2D eigenvalue weighted by molar-refractivity contribution is -0.139. The molecule has 136 valence electrons. The highest BCUT2D eigenvalue weighted by Gasteiger charge is 2.29. The molecule has 2 atom stereocenters. The third-order valence-corrected chi connectivity index (χ3v) is 3.99. The van der Waals surface area contributed by atoms with Crippen LogP contribution in [0.1, 0.15) is 49.5 Å². The zero-order valence-corrected chi connectivity index (χ0v) is 13.6. The Bertz CT molecular complexity index is 1130. The van der Waals surface area contributed by atoms with Crippen molar-refractivity contribution >= 4 is 12.1 Å². The van der Waals surface area contributed by atoms with E-state index >= 15 is 0 Å². The van der Waals surface area contributed by atoms with Crippen molar-refractivity contribution in [2.24, 2.45) is 5.89 Å². The van der Waals surface area contributed by atoms with Crippen LogP contribution in [0.4, 0.5) is 4.79 Å². The van der Waals surface area contributed by atoms with Gasteiger partial charge < -0.3 is 15.2 Å². The summed E-state index contributed by atoms with van der Waals surface area (Å²) in [7, 11) is 0. The van der Waals surface area contributed by atoms with E-state index in [2.05, 4.69) is 0 Å². The fraction of sp³-hybridized carbons (Fsp3) is 0.333. The number of amides is 1. The highest BCUT2D eigenvalue weighted by atomic mass is 16.5. The smallest absolute Gasteiger partial charge is 0.407 e. The van der Waals surface area contributed by atoms with Gasteiger partial charge in [0, 0.05) is 16.9 Å². The van der Waals surface area contributed by atoms with Gasteiger partial charge in [0.1, 0.15) is 12.6 Å². The van der Waals surface area contributed by atoms with Crippen LogP contribution in [-0.4, -0.2) is 29.8 Å². The number of fused-ring (bicyclic) bond motifs is 3. The zero-order valence-electron chi connectivity index (χ0n) is 23.6. The van der Waals surface area contributed by atoms with Gasteiger partial charge in [0.05, 0.1) is 1.37 Å². The summed E-state index contributed by atoms with van der Waals surface area (Å²) < 4.78 is 82.8. The molecule has 0 radical (unpaired) electrons. The molecule has 0 aromatic heterocycles. The summed E-state index contributed by atoms with van der Waals surface area (Å²) in [5, 5.41) is 8.96. The predicted octanol–water partition coefficient (Wildman–Crippen LogP) is 4.02. The zero-order chi connectivity index (χ0) is 27.3. The van der Waals surface area contributed by atoms with Gasteiger partial charge in [0.15, 0.2) is 1.41 Å². The van der Waals surface area contributed by atoms with E-state index in [1.807, 2.05) is 24.3 Å². The van der Waals surface area contributed by atoms with Gasteiger partial charge in [-0.1, -0.05) is 62.3 Å². The number of carbonyl (C=O) groups excluding carboxylic acids is 1. The second-order valence-corrected chi connectivity index (χ2v) is 5.61. The van der Waals surface area contributed by atoms with Crippen LogP contribution < -0.4 is 5.31 Å². The van der Waals surface area contributed by atoms with Crippen molar-refractivity contribution in [3.63, 3.8) is 0 Å². The van der Waals surface area contributed by atoms with E-state index in [-0.39, 0.29) is 0 Å². The minimum atomic E-state index is -4.10. The molecule has 1 aliphatic rings. The van der Waals surface area contributed by atoms with Crippen LogP contribution in [0.25, 0.3) is 11.1 Å². The van der Waals surface area contributed by atoms with Crippen LogP contribution in [0.3, 0.4) is 0 Å². The van der Waals surface area contributed by atoms with Gasteiger partial charge >= 0.3 is 12.1 Å². The van der Waals surface area contributed by atoms with Crippen LogP contribution in [0.5, 0.6) is 0 Å². The maximum absolute atomic E-state index is 12.7. The Balaban J connectivity index is 1.94. The third kappa shape index (κ3) is 3.72. The molecule has 0 fully saturated rings. The Morgan fingerprint density at radius 2 is 1.88 bits per heavy atom. The predicted molar refractivity (Wildman–Crippen MR) is 99.1 cm³/mol. The van der Waals surface area contributed by atoms with E-state index in [4.69, 9.17) is 18.5 Å². The summed E-state index contributed by atoms with van der Waals surface area (Å²) >= 11 is 0. The quantitative estimate of drug-likeness (QED) is 0.813. The third-order valence-electron chi connectivity index (χ3n) is 3.99. The molecular formula is C21H23NO4. The number of aliphatic carboxylic acids is 1. The normalized spacial score (nSPS) is 24.0. The molecule has 2 aromatic rings. The van der Waals surface area contributed by atoms with Gasteiger partial charge in [-0.3, -0.25) is 0 Å². The van der Waals surface area contributed by atoms with E-state index < -0.39 is 61.9 Å². The summed E-state index contributed by atoms with van der Waals surface area (Å²) in [5.41, 5.74) is 3.32. The van der Waals surface area contributed by atoms with Crippen molar-refractivity contribution < 1.29 is 33.2 Å². The fourth-order valence-corrected chi connectivity index (χ4v) is 2.97. The first-order valence-corrected chi connectivity index (χ1v) is 7.75. The maximum Gasteiger partial charge on any atom is 0.407 e. The molecule has 5 heteroatoms. The molecule has 26 heavy (non-hydrogen) atoms. The molecule has 1 amide bonds. The lowest BCUT2D eigenvalue weighted by Crippen LogP contribution is -2.42. The minimum Gasteiger partial charge on any atom is -0.480 e. The molecule has 2 unspecified atom stereocenters. The van der Waals surface area contributed by atoms with Crippen molar-refractivity contribution in [1.29, 1.82) is 0 Å². The molecule has 0 aliphatic heterocycles. The summed E-state index contributed by atoms with van der Waals surface area (Å²) in [6, 6.07) is 10.4. The Morgan fingerprint density at radius 3 is 2.42 bits per heavy atom. The second-order valence-electron chi connectivity index (χ2n) is 5.61. The second kappa shape index (κ2) is 7.60. The van der Waals surface area contributed by atoms with Gasteiger partial charge in [0.2, 0.25) is 0 Å². The van der Waals surface area contributed by atoms with Crippen LogP contribution in [-0.2, 0) is 9.53 Å². The van der Waals surface area contributed by atoms with Crippen LogP contribution in [0.2, 0.25) is 1.41 Å². The number of nitrogens with one attached hydrogen (secondary N) is 1. The van der Waals surface area contributed by atoms with Gasteiger partial charge in [-0.2, -0.15) is 0 Å². The van der Waals surface area contributed by atoms with E-state index in [0.717, 1.165) is 22.3 Å². The van der Waals surface area contributed by atoms with E-state index in [9.17, 15) is 14.7 Å². The van der Waals surface area contributed by atoms with E-state index in [0.29, 0.717) is 0 Å². The van der Waals surface area contributed by atoms with Crippen LogP contribution in [0, 0.1) is 5.89 Å². The van der Waals surface area contributed by atoms with Crippen molar-refractivity contribution in [2.45, 2.75) is 32.0 Å². The molecule has 0 saturated heterocycles. The van der Waals surface area contributed by atoms with Crippen LogP contribution >= 0.6 is 0 Å². The molecule has 3 rings (SSSR count). The lowest BCUT2D eigenvalue weighted by atomic mass is 9.98. The average Bonchev–Trinajstić information content (AvgIpc) is 3.13. The topological polar surface area (TPSA) is 75.6 Å². The number of benzene rings is 2. The highest BCUT2D eigenvalue weighted by Crippen LogP contribution is 2.44. The molecule has 0 heterocycles. The summed E-state index contributed by atoms with van der Waals surface area (Å²) in [6.07, 6.45) is -5.88. The first-order valence-electron chi connectivity index (χ1n) is 12.9. The van der Waals surface area contributed by atoms with Crippen molar-refractivity contribution in [3.8, 4) is 11.1 Å². The first kappa shape index (κ1) is 9.21. The maximum atomic E-state index is 12.7. The number of carbonyl (C=O) groups is 2. The van der Waals surface area contributed by atoms with Gasteiger partial charge in [-0.25, -0.2) is 9.59 Å². The SMILES string of the molecule is [2H]C([2H])C([2H])(C([2H])([2H])[2H])C([2H])([2H])C([2H])(C(=O)O)N([2H])C(=O)OCC1c2ccccc2-c2ccccc21. The standard InChI is InChI=1S/C21H23NO4/c1-13(2)11-19(20(23)24)22-21(25)26-12-18-16-9-5-3-7-14(16)15-8-4-6-10-17(15)18/h3-10,13,18-19H,11-12H2,1-2H3,(H,22,25)(H,23,24)/i1D2,2D3,11D2,13D,19D/hD. The Hall–Kier alpha value is -2.82. The van der Waals surface area contributed by atoms with E-state index in [1.54, 1.807) is 24.3 Å². The molecule has 0 bridgehead atoms. The summed E-state index contributed by atoms with van der Waals surface area (Å²) in [4.78, 5) is 24.8. The van der Waals surface area contributed by atoms with Crippen molar-refractivity contribution in [2.75, 3.05) is 6.61 Å². The van der Waals surface area contributed by atoms with Crippen molar-refractivity contribution in [3.05, 3.63) is 59.7 Å². The Labute approximate surface area is 167 Å². The highest BCUT2D eigenvalue weighted by molar-refractivity contribution is 5.81. The Morgan fingerprint density at radius 1 is 1.27 bits per heavy atom. The summed E-state index contributed by atoms with van der Waals surface area (Å²) in [5.74, 6) is -6.80. The fourth-order valence-electron chi connectivity index (χ4n) is 2.97. The lowest BCUT2D eigenvalue weighted by Gasteiger charge is -2.18. The first-order chi connectivity index (χ1) is 16.5. The molecule has 0 spiro atoms. The largest absolute Gasteiger partial charge is 0.480 e. The molecular weight excluding hydrogens is 330 g/mol. The number of hydrogen-bond acceptors (Lipinski definition) is 3. The molecule has 1 aliphatic carbocycles. The number of carboxylic acid groups (broad SMARTS) is 1. The van der Waals surface area contributed by atoms with Gasteiger partial charge in [0.25, 0.3) is 0 Å². The Kier molecular flexibility index (Phi) is 2.69. The number of rotatable bonds is 6. The molecule has 2 N–H and O–H groups in total. The number of carboxylic acids is 1. The number of ether oxygens (including phenoxy) is 1. The summed E-state index contributed by atoms with van der Waals surface area (Å²) in [6.45, 7) is -6.97. The van der Waals surface area contributed by atoms with Gasteiger partial charge in [-0.05, 0) is 34.5 Å². The van der Waals surface area contributed by atoms with Crippen molar-refractivity contribution in [1.82, 2.24) is 5.31 Å². The molecule has 5 nitrogen and oxygen atoms in total. The average molecular weight is 363 g/mol. The minimum absolute atomic E-state index is 0.411. The van der Waals surface area contributed by atoms with Crippen LogP contribution in [0.15, 0.2) is 48.5 Å². The van der Waals surface area contributed by atoms with Gasteiger partial charge in [-0.15, -0.1) is 0 Å². The monoisotopic (exact) mass is 363 g/mol. The number of hydrogen-bond donors (Lipinski definition) is 2. The van der Waals surface area contributed by atoms with E-state index in [1.165, 1.54) is 0 Å². The molecule has 2 aromatic carbocycles. The number of alkyl carbamates (subject to hydrolysis) is 1.